The molecule has 0 aliphatic carbocycles. The van der Waals surface area contributed by atoms with E-state index in [0.717, 1.165) is 34.3 Å². The summed E-state index contributed by atoms with van der Waals surface area (Å²) in [4.78, 5) is 12.7. The molecule has 0 fully saturated rings. The standard InChI is InChI=1S/C19H20N2O/c1-3-21-17-12-8-7-11-16(17)14(2)18(21)19(22)20-13-15-9-5-4-6-10-15/h4-12H,3,13H2,1-2H3,(H,20,22). The number of rotatable bonds is 4. The third-order valence-electron chi connectivity index (χ3n) is 4.05. The van der Waals surface area contributed by atoms with Crippen LogP contribution < -0.4 is 5.32 Å². The molecule has 3 aromatic rings. The van der Waals surface area contributed by atoms with E-state index in [9.17, 15) is 4.79 Å². The number of aryl methyl sites for hydroxylation is 2. The summed E-state index contributed by atoms with van der Waals surface area (Å²) in [6.45, 7) is 5.42. The predicted molar refractivity (Wildman–Crippen MR) is 90.0 cm³/mol. The summed E-state index contributed by atoms with van der Waals surface area (Å²) in [6.07, 6.45) is 0. The molecule has 1 heterocycles. The van der Waals surface area contributed by atoms with Gasteiger partial charge < -0.3 is 9.88 Å². The summed E-state index contributed by atoms with van der Waals surface area (Å²) in [5, 5.41) is 4.18. The lowest BCUT2D eigenvalue weighted by Crippen LogP contribution is -2.26. The maximum absolute atomic E-state index is 12.7. The van der Waals surface area contributed by atoms with E-state index < -0.39 is 0 Å². The summed E-state index contributed by atoms with van der Waals surface area (Å²) in [5.74, 6) is -0.0144. The van der Waals surface area contributed by atoms with Crippen molar-refractivity contribution in [2.45, 2.75) is 26.9 Å². The average Bonchev–Trinajstić information content (AvgIpc) is 2.86. The molecule has 2 aromatic carbocycles. The van der Waals surface area contributed by atoms with Crippen molar-refractivity contribution in [3.05, 3.63) is 71.4 Å². The zero-order valence-electron chi connectivity index (χ0n) is 13.0. The molecule has 0 spiro atoms. The zero-order chi connectivity index (χ0) is 15.5. The minimum Gasteiger partial charge on any atom is -0.347 e. The largest absolute Gasteiger partial charge is 0.347 e. The minimum atomic E-state index is -0.0144. The van der Waals surface area contributed by atoms with Crippen LogP contribution in [0.4, 0.5) is 0 Å². The number of nitrogens with one attached hydrogen (secondary N) is 1. The van der Waals surface area contributed by atoms with Gasteiger partial charge in [-0.2, -0.15) is 0 Å². The molecular weight excluding hydrogens is 272 g/mol. The molecule has 0 radical (unpaired) electrons. The van der Waals surface area contributed by atoms with Crippen LogP contribution in [0.25, 0.3) is 10.9 Å². The number of hydrogen-bond acceptors (Lipinski definition) is 1. The van der Waals surface area contributed by atoms with Crippen molar-refractivity contribution < 1.29 is 4.79 Å². The van der Waals surface area contributed by atoms with Gasteiger partial charge in [-0.25, -0.2) is 0 Å². The molecule has 1 aromatic heterocycles. The normalized spacial score (nSPS) is 10.8. The van der Waals surface area contributed by atoms with Gasteiger partial charge in [0.25, 0.3) is 5.91 Å². The Hall–Kier alpha value is -2.55. The molecule has 0 unspecified atom stereocenters. The van der Waals surface area contributed by atoms with Crippen molar-refractivity contribution in [1.29, 1.82) is 0 Å². The molecule has 22 heavy (non-hydrogen) atoms. The fourth-order valence-electron chi connectivity index (χ4n) is 2.96. The van der Waals surface area contributed by atoms with Crippen molar-refractivity contribution in [3.8, 4) is 0 Å². The van der Waals surface area contributed by atoms with Crippen LogP contribution in [-0.4, -0.2) is 10.5 Å². The number of carbonyl (C=O) groups is 1. The maximum Gasteiger partial charge on any atom is 0.268 e. The Morgan fingerprint density at radius 2 is 1.73 bits per heavy atom. The Bertz CT molecular complexity index is 803. The molecule has 112 valence electrons. The lowest BCUT2D eigenvalue weighted by Gasteiger charge is -2.10. The summed E-state index contributed by atoms with van der Waals surface area (Å²) in [6, 6.07) is 18.1. The topological polar surface area (TPSA) is 34.0 Å². The summed E-state index contributed by atoms with van der Waals surface area (Å²) >= 11 is 0. The summed E-state index contributed by atoms with van der Waals surface area (Å²) in [5.41, 5.74) is 4.03. The van der Waals surface area contributed by atoms with Crippen molar-refractivity contribution in [3.63, 3.8) is 0 Å². The summed E-state index contributed by atoms with van der Waals surface area (Å²) < 4.78 is 2.09. The molecule has 0 bridgehead atoms. The van der Waals surface area contributed by atoms with Gasteiger partial charge in [-0.15, -0.1) is 0 Å². The van der Waals surface area contributed by atoms with Crippen LogP contribution in [-0.2, 0) is 13.1 Å². The first kappa shape index (κ1) is 14.4. The van der Waals surface area contributed by atoms with Gasteiger partial charge in [0.2, 0.25) is 0 Å². The van der Waals surface area contributed by atoms with Crippen LogP contribution in [0.1, 0.15) is 28.5 Å². The molecule has 0 aliphatic heterocycles. The van der Waals surface area contributed by atoms with Gasteiger partial charge in [-0.05, 0) is 31.0 Å². The molecule has 3 heteroatoms. The van der Waals surface area contributed by atoms with Gasteiger partial charge >= 0.3 is 0 Å². The molecule has 1 N–H and O–H groups in total. The number of fused-ring (bicyclic) bond motifs is 1. The molecule has 3 rings (SSSR count). The Balaban J connectivity index is 1.92. The highest BCUT2D eigenvalue weighted by Gasteiger charge is 2.18. The van der Waals surface area contributed by atoms with Gasteiger partial charge in [0.1, 0.15) is 5.69 Å². The van der Waals surface area contributed by atoms with Gasteiger partial charge in [0, 0.05) is 24.0 Å². The Labute approximate surface area is 130 Å². The highest BCUT2D eigenvalue weighted by Crippen LogP contribution is 2.25. The molecule has 1 amide bonds. The molecule has 0 saturated carbocycles. The number of para-hydroxylation sites is 1. The number of amides is 1. The van der Waals surface area contributed by atoms with Gasteiger partial charge in [0.15, 0.2) is 0 Å². The molecule has 0 atom stereocenters. The van der Waals surface area contributed by atoms with Crippen LogP contribution >= 0.6 is 0 Å². The molecule has 0 saturated heterocycles. The second-order valence-electron chi connectivity index (χ2n) is 5.40. The molecule has 0 aliphatic rings. The second-order valence-corrected chi connectivity index (χ2v) is 5.40. The second kappa shape index (κ2) is 6.06. The van der Waals surface area contributed by atoms with Crippen molar-refractivity contribution in [2.24, 2.45) is 0 Å². The third kappa shape index (κ3) is 2.50. The average molecular weight is 292 g/mol. The van der Waals surface area contributed by atoms with Crippen LogP contribution in [0.3, 0.4) is 0 Å². The number of benzene rings is 2. The van der Waals surface area contributed by atoms with E-state index >= 15 is 0 Å². The number of nitrogens with zero attached hydrogens (tertiary/aromatic N) is 1. The SMILES string of the molecule is CCn1c(C(=O)NCc2ccccc2)c(C)c2ccccc21. The number of aromatic nitrogens is 1. The van der Waals surface area contributed by atoms with Crippen LogP contribution in [0, 0.1) is 6.92 Å². The highest BCUT2D eigenvalue weighted by molar-refractivity contribution is 6.01. The highest BCUT2D eigenvalue weighted by atomic mass is 16.1. The first-order chi connectivity index (χ1) is 10.7. The van der Waals surface area contributed by atoms with E-state index in [-0.39, 0.29) is 5.91 Å². The lowest BCUT2D eigenvalue weighted by molar-refractivity contribution is 0.0941. The first-order valence-electron chi connectivity index (χ1n) is 7.62. The Morgan fingerprint density at radius 1 is 1.05 bits per heavy atom. The molecule has 3 nitrogen and oxygen atoms in total. The molecular formula is C19H20N2O. The van der Waals surface area contributed by atoms with Gasteiger partial charge in [0.05, 0.1) is 0 Å². The van der Waals surface area contributed by atoms with E-state index in [2.05, 4.69) is 28.9 Å². The third-order valence-corrected chi connectivity index (χ3v) is 4.05. The monoisotopic (exact) mass is 292 g/mol. The van der Waals surface area contributed by atoms with Crippen molar-refractivity contribution in [2.75, 3.05) is 0 Å². The first-order valence-corrected chi connectivity index (χ1v) is 7.62. The fourth-order valence-corrected chi connectivity index (χ4v) is 2.96. The Morgan fingerprint density at radius 3 is 2.45 bits per heavy atom. The van der Waals surface area contributed by atoms with E-state index in [1.165, 1.54) is 0 Å². The fraction of sp³-hybridized carbons (Fsp3) is 0.211. The quantitative estimate of drug-likeness (QED) is 0.777. The van der Waals surface area contributed by atoms with E-state index in [0.29, 0.717) is 6.54 Å². The van der Waals surface area contributed by atoms with E-state index in [1.54, 1.807) is 0 Å². The van der Waals surface area contributed by atoms with E-state index in [4.69, 9.17) is 0 Å². The van der Waals surface area contributed by atoms with E-state index in [1.807, 2.05) is 49.4 Å². The van der Waals surface area contributed by atoms with Gasteiger partial charge in [-0.1, -0.05) is 48.5 Å². The summed E-state index contributed by atoms with van der Waals surface area (Å²) in [7, 11) is 0. The smallest absolute Gasteiger partial charge is 0.268 e. The minimum absolute atomic E-state index is 0.0144. The number of hydrogen-bond donors (Lipinski definition) is 1. The Kier molecular flexibility index (Phi) is 3.96. The van der Waals surface area contributed by atoms with Crippen LogP contribution in [0.15, 0.2) is 54.6 Å². The van der Waals surface area contributed by atoms with Crippen molar-refractivity contribution >= 4 is 16.8 Å². The van der Waals surface area contributed by atoms with Crippen molar-refractivity contribution in [1.82, 2.24) is 9.88 Å². The predicted octanol–water partition coefficient (Wildman–Crippen LogP) is 3.90. The zero-order valence-corrected chi connectivity index (χ0v) is 13.0. The van der Waals surface area contributed by atoms with Crippen LogP contribution in [0.2, 0.25) is 0 Å². The maximum atomic E-state index is 12.7. The number of carbonyl (C=O) groups excluding carboxylic acids is 1. The lowest BCUT2D eigenvalue weighted by atomic mass is 10.1. The van der Waals surface area contributed by atoms with Crippen LogP contribution in [0.5, 0.6) is 0 Å². The van der Waals surface area contributed by atoms with Gasteiger partial charge in [-0.3, -0.25) is 4.79 Å².